The Morgan fingerprint density at radius 2 is 1.73 bits per heavy atom. The lowest BCUT2D eigenvalue weighted by molar-refractivity contribution is -0.141. The van der Waals surface area contributed by atoms with E-state index >= 15 is 0 Å². The summed E-state index contributed by atoms with van der Waals surface area (Å²) in [4.78, 5) is 13.5. The quantitative estimate of drug-likeness (QED) is 0.740. The average molecular weight is 413 g/mol. The number of hydrogen-bond acceptors (Lipinski definition) is 2. The maximum Gasteiger partial charge on any atom is 0.226 e. The summed E-state index contributed by atoms with van der Waals surface area (Å²) in [6.07, 6.45) is 8.95. The summed E-state index contributed by atoms with van der Waals surface area (Å²) in [5, 5.41) is 3.40. The average Bonchev–Trinajstić information content (AvgIpc) is 2.64. The summed E-state index contributed by atoms with van der Waals surface area (Å²) in [6, 6.07) is 11.3. The van der Waals surface area contributed by atoms with E-state index in [0.29, 0.717) is 23.4 Å². The third kappa shape index (κ3) is 3.30. The van der Waals surface area contributed by atoms with Crippen molar-refractivity contribution in [2.45, 2.75) is 89.1 Å². The third-order valence-electron chi connectivity index (χ3n) is 9.04. The van der Waals surface area contributed by atoms with Crippen LogP contribution in [0.5, 0.6) is 0 Å². The van der Waals surface area contributed by atoms with Crippen molar-refractivity contribution in [3.05, 3.63) is 35.9 Å². The molecule has 1 amide bonds. The first-order valence-corrected chi connectivity index (χ1v) is 11.9. The van der Waals surface area contributed by atoms with Gasteiger partial charge in [-0.25, -0.2) is 0 Å². The number of fused-ring (bicyclic) bond motifs is 2. The van der Waals surface area contributed by atoms with Crippen molar-refractivity contribution < 1.29 is 9.18 Å². The largest absolute Gasteiger partial charge is 0.353 e. The molecule has 0 aliphatic heterocycles. The van der Waals surface area contributed by atoms with Crippen LogP contribution in [0.4, 0.5) is 4.39 Å². The first-order valence-electron chi connectivity index (χ1n) is 11.9. The molecular weight excluding hydrogens is 375 g/mol. The number of benzene rings is 1. The topological polar surface area (TPSA) is 55.1 Å². The third-order valence-corrected chi connectivity index (χ3v) is 9.04. The van der Waals surface area contributed by atoms with Crippen LogP contribution in [0.2, 0.25) is 0 Å². The van der Waals surface area contributed by atoms with Crippen molar-refractivity contribution in [1.82, 2.24) is 5.32 Å². The lowest BCUT2D eigenvalue weighted by Gasteiger charge is -2.59. The Morgan fingerprint density at radius 1 is 1.03 bits per heavy atom. The predicted molar refractivity (Wildman–Crippen MR) is 118 cm³/mol. The minimum Gasteiger partial charge on any atom is -0.353 e. The molecular formula is C26H37FN2O. The molecule has 0 saturated heterocycles. The Hall–Kier alpha value is -1.42. The van der Waals surface area contributed by atoms with Gasteiger partial charge in [0.2, 0.25) is 5.91 Å². The van der Waals surface area contributed by atoms with Crippen molar-refractivity contribution in [1.29, 1.82) is 0 Å². The van der Waals surface area contributed by atoms with Crippen LogP contribution in [0.15, 0.2) is 30.3 Å². The lowest BCUT2D eigenvalue weighted by atomic mass is 9.47. The Kier molecular flexibility index (Phi) is 4.63. The standard InChI is InChI=1S/C26H37FN2O/c1-23(17-27)8-18-9-24(2,16-26(10-18,15-23)19-6-4-3-5-7-19)22(30)29-21-13-25(14-21)11-20(28)12-25/h3-7,18,20-21H,8-17,28H2,1-2H3,(H,29,30)/t18?,20?,21?,23-,24?,25?,26?/m0/s1. The van der Waals surface area contributed by atoms with E-state index in [9.17, 15) is 9.18 Å². The van der Waals surface area contributed by atoms with Crippen LogP contribution >= 0.6 is 0 Å². The second-order valence-corrected chi connectivity index (χ2v) is 12.2. The van der Waals surface area contributed by atoms with Crippen molar-refractivity contribution in [3.63, 3.8) is 0 Å². The van der Waals surface area contributed by atoms with Gasteiger partial charge in [-0.3, -0.25) is 9.18 Å². The SMILES string of the molecule is CC1(C(=O)NC2CC3(CC(N)C3)C2)CC2CC(c3ccccc3)(C1)C[C@@](C)(CF)C2. The second kappa shape index (κ2) is 6.79. The first kappa shape index (κ1) is 20.5. The van der Waals surface area contributed by atoms with Gasteiger partial charge in [-0.15, -0.1) is 0 Å². The fraction of sp³-hybridized carbons (Fsp3) is 0.731. The van der Waals surface area contributed by atoms with Gasteiger partial charge in [0.1, 0.15) is 0 Å². The molecule has 0 radical (unpaired) electrons. The summed E-state index contributed by atoms with van der Waals surface area (Å²) >= 11 is 0. The summed E-state index contributed by atoms with van der Waals surface area (Å²) in [7, 11) is 0. The summed E-state index contributed by atoms with van der Waals surface area (Å²) in [6.45, 7) is 4.00. The van der Waals surface area contributed by atoms with Gasteiger partial charge in [0, 0.05) is 17.5 Å². The zero-order valence-corrected chi connectivity index (χ0v) is 18.6. The van der Waals surface area contributed by atoms with Crippen LogP contribution in [-0.2, 0) is 10.2 Å². The number of carbonyl (C=O) groups is 1. The molecule has 1 aromatic rings. The van der Waals surface area contributed by atoms with Crippen LogP contribution < -0.4 is 11.1 Å². The van der Waals surface area contributed by atoms with Gasteiger partial charge >= 0.3 is 0 Å². The molecule has 4 heteroatoms. The maximum absolute atomic E-state index is 14.1. The number of nitrogens with one attached hydrogen (secondary N) is 1. The normalized spacial score (nSPS) is 47.3. The van der Waals surface area contributed by atoms with Crippen molar-refractivity contribution >= 4 is 5.91 Å². The van der Waals surface area contributed by atoms with Crippen molar-refractivity contribution in [2.24, 2.45) is 27.9 Å². The molecule has 3 unspecified atom stereocenters. The molecule has 4 saturated carbocycles. The van der Waals surface area contributed by atoms with Gasteiger partial charge in [0.15, 0.2) is 0 Å². The minimum absolute atomic E-state index is 0.100. The van der Waals surface area contributed by atoms with E-state index in [4.69, 9.17) is 5.73 Å². The van der Waals surface area contributed by atoms with Gasteiger partial charge in [0.25, 0.3) is 0 Å². The highest BCUT2D eigenvalue weighted by Gasteiger charge is 2.58. The van der Waals surface area contributed by atoms with E-state index < -0.39 is 0 Å². The number of amides is 1. The number of carbonyl (C=O) groups excluding carboxylic acids is 1. The number of hydrogen-bond donors (Lipinski definition) is 2. The van der Waals surface area contributed by atoms with Crippen LogP contribution in [0.3, 0.4) is 0 Å². The molecule has 0 aromatic heterocycles. The molecule has 2 bridgehead atoms. The predicted octanol–water partition coefficient (Wildman–Crippen LogP) is 4.89. The zero-order chi connectivity index (χ0) is 21.2. The van der Waals surface area contributed by atoms with E-state index in [2.05, 4.69) is 43.4 Å². The molecule has 4 aliphatic rings. The van der Waals surface area contributed by atoms with Crippen LogP contribution in [0.25, 0.3) is 0 Å². The fourth-order valence-corrected chi connectivity index (χ4v) is 8.24. The molecule has 3 N–H and O–H groups in total. The highest BCUT2D eigenvalue weighted by Crippen LogP contribution is 2.61. The number of alkyl halides is 1. The van der Waals surface area contributed by atoms with Gasteiger partial charge in [-0.1, -0.05) is 44.2 Å². The minimum atomic E-state index is -0.380. The fourth-order valence-electron chi connectivity index (χ4n) is 8.24. The molecule has 4 atom stereocenters. The molecule has 4 fully saturated rings. The van der Waals surface area contributed by atoms with Crippen molar-refractivity contribution in [3.8, 4) is 0 Å². The Bertz CT molecular complexity index is 814. The monoisotopic (exact) mass is 412 g/mol. The molecule has 3 nitrogen and oxygen atoms in total. The molecule has 4 aliphatic carbocycles. The van der Waals surface area contributed by atoms with Crippen LogP contribution in [-0.4, -0.2) is 24.7 Å². The van der Waals surface area contributed by atoms with E-state index in [-0.39, 0.29) is 28.8 Å². The molecule has 1 spiro atoms. The molecule has 164 valence electrons. The zero-order valence-electron chi connectivity index (χ0n) is 18.6. The van der Waals surface area contributed by atoms with Crippen LogP contribution in [0.1, 0.15) is 77.2 Å². The van der Waals surface area contributed by atoms with Gasteiger partial charge in [-0.05, 0) is 85.5 Å². The lowest BCUT2D eigenvalue weighted by Crippen LogP contribution is -2.62. The van der Waals surface area contributed by atoms with Gasteiger partial charge in [-0.2, -0.15) is 0 Å². The second-order valence-electron chi connectivity index (χ2n) is 12.2. The maximum atomic E-state index is 14.1. The van der Waals surface area contributed by atoms with Gasteiger partial charge < -0.3 is 11.1 Å². The highest BCUT2D eigenvalue weighted by molar-refractivity contribution is 5.83. The van der Waals surface area contributed by atoms with Gasteiger partial charge in [0.05, 0.1) is 6.67 Å². The Morgan fingerprint density at radius 3 is 2.37 bits per heavy atom. The first-order chi connectivity index (χ1) is 14.2. The van der Waals surface area contributed by atoms with E-state index in [1.807, 2.05) is 6.07 Å². The number of rotatable bonds is 4. The summed E-state index contributed by atoms with van der Waals surface area (Å²) in [5.41, 5.74) is 6.95. The summed E-state index contributed by atoms with van der Waals surface area (Å²) < 4.78 is 14.1. The van der Waals surface area contributed by atoms with Crippen molar-refractivity contribution in [2.75, 3.05) is 6.67 Å². The van der Waals surface area contributed by atoms with E-state index in [1.54, 1.807) is 0 Å². The molecule has 30 heavy (non-hydrogen) atoms. The molecule has 0 heterocycles. The molecule has 1 aromatic carbocycles. The van der Waals surface area contributed by atoms with E-state index in [0.717, 1.165) is 57.8 Å². The Labute approximate surface area is 180 Å². The van der Waals surface area contributed by atoms with Crippen LogP contribution in [0, 0.1) is 22.2 Å². The van der Waals surface area contributed by atoms with E-state index in [1.165, 1.54) is 5.56 Å². The smallest absolute Gasteiger partial charge is 0.226 e. The molecule has 5 rings (SSSR count). The summed E-state index contributed by atoms with van der Waals surface area (Å²) in [5.74, 6) is 0.626. The number of nitrogens with two attached hydrogens (primary N) is 1. The Balaban J connectivity index is 1.36. The number of halogens is 1. The highest BCUT2D eigenvalue weighted by atomic mass is 19.1.